The molecule has 7 heteroatoms. The molecule has 1 aromatic rings. The topological polar surface area (TPSA) is 98.7 Å². The number of benzene rings is 1. The normalized spacial score (nSPS) is 25.7. The van der Waals surface area contributed by atoms with Crippen LogP contribution in [0.4, 0.5) is 5.69 Å². The average molecular weight is 359 g/mol. The number of hydrogen-bond acceptors (Lipinski definition) is 4. The standard InChI is InChI=1S/C19H25N3O4/c1-12-10-14(21-13(2)23)4-5-15(12)17(25)22-9-6-16(24)19(11-22)7-3-8-20-18(19)26/h4-5,10,16,24H,3,6-9,11H2,1-2H3,(H,20,26)(H,21,23)/t16-,19-/m1/s1. The molecule has 1 spiro atoms. The Labute approximate surface area is 152 Å². The number of anilines is 1. The number of hydrogen-bond donors (Lipinski definition) is 3. The summed E-state index contributed by atoms with van der Waals surface area (Å²) >= 11 is 0. The van der Waals surface area contributed by atoms with Crippen LogP contribution in [-0.4, -0.2) is 53.5 Å². The number of carbonyl (C=O) groups excluding carboxylic acids is 3. The molecule has 0 aromatic heterocycles. The minimum absolute atomic E-state index is 0.151. The molecule has 0 saturated carbocycles. The second-order valence-electron chi connectivity index (χ2n) is 7.26. The van der Waals surface area contributed by atoms with Crippen LogP contribution in [0.2, 0.25) is 0 Å². The molecule has 140 valence electrons. The fourth-order valence-electron chi connectivity index (χ4n) is 3.97. The first-order valence-corrected chi connectivity index (χ1v) is 8.97. The number of carbonyl (C=O) groups is 3. The minimum atomic E-state index is -0.907. The second-order valence-corrected chi connectivity index (χ2v) is 7.26. The van der Waals surface area contributed by atoms with E-state index >= 15 is 0 Å². The highest BCUT2D eigenvalue weighted by atomic mass is 16.3. The molecule has 26 heavy (non-hydrogen) atoms. The van der Waals surface area contributed by atoms with E-state index in [1.54, 1.807) is 23.1 Å². The van der Waals surface area contributed by atoms with E-state index in [2.05, 4.69) is 10.6 Å². The Balaban J connectivity index is 1.81. The van der Waals surface area contributed by atoms with Gasteiger partial charge in [0, 0.05) is 37.8 Å². The van der Waals surface area contributed by atoms with E-state index in [-0.39, 0.29) is 24.3 Å². The third kappa shape index (κ3) is 3.31. The van der Waals surface area contributed by atoms with Crippen molar-refractivity contribution in [3.63, 3.8) is 0 Å². The quantitative estimate of drug-likeness (QED) is 0.735. The molecule has 0 aliphatic carbocycles. The highest BCUT2D eigenvalue weighted by Gasteiger charge is 2.50. The largest absolute Gasteiger partial charge is 0.392 e. The summed E-state index contributed by atoms with van der Waals surface area (Å²) < 4.78 is 0. The van der Waals surface area contributed by atoms with Crippen LogP contribution in [0.3, 0.4) is 0 Å². The number of aliphatic hydroxyl groups is 1. The van der Waals surface area contributed by atoms with Gasteiger partial charge in [0.2, 0.25) is 11.8 Å². The van der Waals surface area contributed by atoms with Crippen LogP contribution in [-0.2, 0) is 9.59 Å². The Morgan fingerprint density at radius 2 is 2.15 bits per heavy atom. The molecule has 2 atom stereocenters. The number of piperidine rings is 2. The molecular weight excluding hydrogens is 334 g/mol. The summed E-state index contributed by atoms with van der Waals surface area (Å²) in [6, 6.07) is 5.15. The molecule has 2 saturated heterocycles. The lowest BCUT2D eigenvalue weighted by Crippen LogP contribution is -2.62. The number of aliphatic hydroxyl groups excluding tert-OH is 1. The first-order chi connectivity index (χ1) is 12.3. The van der Waals surface area contributed by atoms with Crippen LogP contribution < -0.4 is 10.6 Å². The first-order valence-electron chi connectivity index (χ1n) is 8.97. The van der Waals surface area contributed by atoms with E-state index in [1.165, 1.54) is 6.92 Å². The zero-order chi connectivity index (χ0) is 18.9. The van der Waals surface area contributed by atoms with Crippen LogP contribution in [0.1, 0.15) is 42.1 Å². The molecule has 0 radical (unpaired) electrons. The molecule has 3 rings (SSSR count). The van der Waals surface area contributed by atoms with Crippen LogP contribution >= 0.6 is 0 Å². The van der Waals surface area contributed by atoms with Gasteiger partial charge in [0.05, 0.1) is 11.5 Å². The number of amides is 3. The van der Waals surface area contributed by atoms with Crippen molar-refractivity contribution in [1.82, 2.24) is 10.2 Å². The van der Waals surface area contributed by atoms with E-state index in [0.717, 1.165) is 12.0 Å². The molecule has 0 bridgehead atoms. The van der Waals surface area contributed by atoms with Crippen LogP contribution in [0.25, 0.3) is 0 Å². The van der Waals surface area contributed by atoms with E-state index in [9.17, 15) is 19.5 Å². The maximum atomic E-state index is 13.0. The molecule has 0 unspecified atom stereocenters. The van der Waals surface area contributed by atoms with Gasteiger partial charge in [-0.2, -0.15) is 0 Å². The predicted octanol–water partition coefficient (Wildman–Crippen LogP) is 1.06. The minimum Gasteiger partial charge on any atom is -0.392 e. The Kier molecular flexibility index (Phi) is 5.00. The first kappa shape index (κ1) is 18.4. The van der Waals surface area contributed by atoms with Gasteiger partial charge in [0.15, 0.2) is 0 Å². The Hall–Kier alpha value is -2.41. The zero-order valence-corrected chi connectivity index (χ0v) is 15.2. The van der Waals surface area contributed by atoms with Crippen molar-refractivity contribution in [1.29, 1.82) is 0 Å². The van der Waals surface area contributed by atoms with E-state index in [4.69, 9.17) is 0 Å². The van der Waals surface area contributed by atoms with Crippen molar-refractivity contribution in [2.45, 2.75) is 39.2 Å². The zero-order valence-electron chi connectivity index (χ0n) is 15.2. The van der Waals surface area contributed by atoms with Gasteiger partial charge < -0.3 is 20.6 Å². The van der Waals surface area contributed by atoms with Crippen molar-refractivity contribution >= 4 is 23.4 Å². The molecule has 3 N–H and O–H groups in total. The van der Waals surface area contributed by atoms with Gasteiger partial charge in [0.25, 0.3) is 5.91 Å². The monoisotopic (exact) mass is 359 g/mol. The number of likely N-dealkylation sites (tertiary alicyclic amines) is 1. The maximum absolute atomic E-state index is 13.0. The summed E-state index contributed by atoms with van der Waals surface area (Å²) in [5.41, 5.74) is 1.04. The molecular formula is C19H25N3O4. The second kappa shape index (κ2) is 7.07. The Morgan fingerprint density at radius 3 is 2.81 bits per heavy atom. The van der Waals surface area contributed by atoms with E-state index in [0.29, 0.717) is 37.2 Å². The lowest BCUT2D eigenvalue weighted by Gasteiger charge is -2.46. The third-order valence-corrected chi connectivity index (χ3v) is 5.39. The fourth-order valence-corrected chi connectivity index (χ4v) is 3.97. The molecule has 2 aliphatic rings. The van der Waals surface area contributed by atoms with Gasteiger partial charge in [-0.1, -0.05) is 0 Å². The molecule has 7 nitrogen and oxygen atoms in total. The van der Waals surface area contributed by atoms with Gasteiger partial charge >= 0.3 is 0 Å². The molecule has 2 heterocycles. The summed E-state index contributed by atoms with van der Waals surface area (Å²) in [7, 11) is 0. The number of nitrogens with one attached hydrogen (secondary N) is 2. The lowest BCUT2D eigenvalue weighted by atomic mass is 9.71. The number of nitrogens with zero attached hydrogens (tertiary/aromatic N) is 1. The summed E-state index contributed by atoms with van der Waals surface area (Å²) in [4.78, 5) is 38.3. The van der Waals surface area contributed by atoms with Crippen molar-refractivity contribution in [3.05, 3.63) is 29.3 Å². The summed E-state index contributed by atoms with van der Waals surface area (Å²) in [6.45, 7) is 4.52. The van der Waals surface area contributed by atoms with Crippen molar-refractivity contribution < 1.29 is 19.5 Å². The summed E-state index contributed by atoms with van der Waals surface area (Å²) in [6.07, 6.45) is 1.05. The highest BCUT2D eigenvalue weighted by molar-refractivity contribution is 5.97. The summed E-state index contributed by atoms with van der Waals surface area (Å²) in [5.74, 6) is -0.480. The fraction of sp³-hybridized carbons (Fsp3) is 0.526. The van der Waals surface area contributed by atoms with Crippen LogP contribution in [0, 0.1) is 12.3 Å². The van der Waals surface area contributed by atoms with Gasteiger partial charge in [-0.3, -0.25) is 14.4 Å². The van der Waals surface area contributed by atoms with Crippen LogP contribution in [0.5, 0.6) is 0 Å². The van der Waals surface area contributed by atoms with Gasteiger partial charge in [-0.05, 0) is 49.9 Å². The van der Waals surface area contributed by atoms with Gasteiger partial charge in [0.1, 0.15) is 0 Å². The van der Waals surface area contributed by atoms with Gasteiger partial charge in [-0.25, -0.2) is 0 Å². The Morgan fingerprint density at radius 1 is 1.38 bits per heavy atom. The third-order valence-electron chi connectivity index (χ3n) is 5.39. The van der Waals surface area contributed by atoms with Crippen molar-refractivity contribution in [3.8, 4) is 0 Å². The summed E-state index contributed by atoms with van der Waals surface area (Å²) in [5, 5.41) is 16.0. The highest BCUT2D eigenvalue weighted by Crippen LogP contribution is 2.37. The van der Waals surface area contributed by atoms with Crippen molar-refractivity contribution in [2.24, 2.45) is 5.41 Å². The van der Waals surface area contributed by atoms with E-state index in [1.807, 2.05) is 6.92 Å². The van der Waals surface area contributed by atoms with Crippen molar-refractivity contribution in [2.75, 3.05) is 25.0 Å². The average Bonchev–Trinajstić information content (AvgIpc) is 2.59. The molecule has 2 fully saturated rings. The molecule has 1 aromatic carbocycles. The number of rotatable bonds is 2. The van der Waals surface area contributed by atoms with E-state index < -0.39 is 11.5 Å². The smallest absolute Gasteiger partial charge is 0.254 e. The predicted molar refractivity (Wildman–Crippen MR) is 96.7 cm³/mol. The molecule has 3 amide bonds. The Bertz CT molecular complexity index is 748. The molecule has 2 aliphatic heterocycles. The maximum Gasteiger partial charge on any atom is 0.254 e. The van der Waals surface area contributed by atoms with Gasteiger partial charge in [-0.15, -0.1) is 0 Å². The van der Waals surface area contributed by atoms with Crippen LogP contribution in [0.15, 0.2) is 18.2 Å². The SMILES string of the molecule is CC(=O)Nc1ccc(C(=O)N2CC[C@@H](O)[C@@]3(CCCNC3=O)C2)c(C)c1. The number of aryl methyl sites for hydroxylation is 1. The lowest BCUT2D eigenvalue weighted by molar-refractivity contribution is -0.147.